The van der Waals surface area contributed by atoms with Gasteiger partial charge in [0.05, 0.1) is 11.6 Å². The van der Waals surface area contributed by atoms with Gasteiger partial charge in [-0.25, -0.2) is 9.50 Å². The lowest BCUT2D eigenvalue weighted by atomic mass is 10.1. The number of hydrogen-bond donors (Lipinski definition) is 1. The molecule has 0 saturated heterocycles. The van der Waals surface area contributed by atoms with Gasteiger partial charge in [-0.15, -0.1) is 0 Å². The predicted octanol–water partition coefficient (Wildman–Crippen LogP) is 1.90. The van der Waals surface area contributed by atoms with Gasteiger partial charge in [0, 0.05) is 18.7 Å². The van der Waals surface area contributed by atoms with Crippen LogP contribution in [0.4, 0.5) is 0 Å². The Kier molecular flexibility index (Phi) is 2.62. The second-order valence-electron chi connectivity index (χ2n) is 4.20. The molecule has 92 valence electrons. The second-order valence-corrected chi connectivity index (χ2v) is 4.20. The van der Waals surface area contributed by atoms with Crippen LogP contribution in [0.2, 0.25) is 0 Å². The third kappa shape index (κ3) is 2.24. The first-order valence-corrected chi connectivity index (χ1v) is 5.78. The number of fused-ring (bicyclic) bond motifs is 1. The fraction of sp³-hybridized carbons (Fsp3) is 0.0714. The van der Waals surface area contributed by atoms with Crippen molar-refractivity contribution >= 4 is 5.65 Å². The Labute approximate surface area is 109 Å². The second kappa shape index (κ2) is 4.42. The summed E-state index contributed by atoms with van der Waals surface area (Å²) < 4.78 is 1.65. The minimum absolute atomic E-state index is 0.241. The van der Waals surface area contributed by atoms with Gasteiger partial charge in [0.2, 0.25) is 0 Å². The Bertz CT molecular complexity index is 768. The first-order chi connectivity index (χ1) is 9.24. The van der Waals surface area contributed by atoms with Crippen molar-refractivity contribution in [2.24, 2.45) is 0 Å². The van der Waals surface area contributed by atoms with Crippen LogP contribution in [0.1, 0.15) is 17.0 Å². The lowest BCUT2D eigenvalue weighted by molar-refractivity contribution is 0.475. The minimum atomic E-state index is 0.241. The third-order valence-electron chi connectivity index (χ3n) is 2.81. The Morgan fingerprint density at radius 3 is 2.74 bits per heavy atom. The Hall–Kier alpha value is -2.87. The van der Waals surface area contributed by atoms with E-state index in [1.807, 2.05) is 12.1 Å². The maximum atomic E-state index is 9.23. The zero-order chi connectivity index (χ0) is 13.2. The van der Waals surface area contributed by atoms with Crippen LogP contribution < -0.4 is 0 Å². The van der Waals surface area contributed by atoms with Gasteiger partial charge >= 0.3 is 0 Å². The molecule has 0 bridgehead atoms. The molecule has 0 aliphatic heterocycles. The third-order valence-corrected chi connectivity index (χ3v) is 2.81. The maximum absolute atomic E-state index is 9.23. The van der Waals surface area contributed by atoms with Crippen molar-refractivity contribution in [3.05, 3.63) is 59.5 Å². The normalized spacial score (nSPS) is 10.5. The minimum Gasteiger partial charge on any atom is -0.508 e. The van der Waals surface area contributed by atoms with Crippen molar-refractivity contribution in [3.8, 4) is 11.8 Å². The standard InChI is InChI=1S/C14H10N4O/c15-9-11-5-6-18-14(8-11)16-13(17-18)7-10-1-3-12(19)4-2-10/h1-6,8,19H,7H2. The molecule has 5 heteroatoms. The highest BCUT2D eigenvalue weighted by atomic mass is 16.3. The Morgan fingerprint density at radius 2 is 2.00 bits per heavy atom. The molecular formula is C14H10N4O. The van der Waals surface area contributed by atoms with Gasteiger partial charge in [0.25, 0.3) is 0 Å². The van der Waals surface area contributed by atoms with Crippen LogP contribution in [0.15, 0.2) is 42.6 Å². The van der Waals surface area contributed by atoms with Crippen molar-refractivity contribution < 1.29 is 5.11 Å². The van der Waals surface area contributed by atoms with Crippen molar-refractivity contribution in [1.82, 2.24) is 14.6 Å². The molecule has 0 spiro atoms. The molecule has 2 aromatic heterocycles. The average molecular weight is 250 g/mol. The van der Waals surface area contributed by atoms with Crippen LogP contribution in [0.3, 0.4) is 0 Å². The first-order valence-electron chi connectivity index (χ1n) is 5.78. The number of phenols is 1. The molecule has 5 nitrogen and oxygen atoms in total. The molecule has 19 heavy (non-hydrogen) atoms. The van der Waals surface area contributed by atoms with E-state index >= 15 is 0 Å². The van der Waals surface area contributed by atoms with Crippen LogP contribution in [-0.4, -0.2) is 19.7 Å². The quantitative estimate of drug-likeness (QED) is 0.753. The number of benzene rings is 1. The highest BCUT2D eigenvalue weighted by Crippen LogP contribution is 2.13. The Morgan fingerprint density at radius 1 is 1.21 bits per heavy atom. The summed E-state index contributed by atoms with van der Waals surface area (Å²) in [5, 5.41) is 22.4. The largest absolute Gasteiger partial charge is 0.508 e. The van der Waals surface area contributed by atoms with Crippen LogP contribution in [-0.2, 0) is 6.42 Å². The molecule has 0 aliphatic rings. The topological polar surface area (TPSA) is 74.2 Å². The summed E-state index contributed by atoms with van der Waals surface area (Å²) in [7, 11) is 0. The van der Waals surface area contributed by atoms with Gasteiger partial charge < -0.3 is 5.11 Å². The lowest BCUT2D eigenvalue weighted by Gasteiger charge is -1.96. The summed E-state index contributed by atoms with van der Waals surface area (Å²) in [6.07, 6.45) is 2.31. The number of rotatable bonds is 2. The molecule has 0 aliphatic carbocycles. The fourth-order valence-electron chi connectivity index (χ4n) is 1.87. The monoisotopic (exact) mass is 250 g/mol. The number of aromatic nitrogens is 3. The van der Waals surface area contributed by atoms with Gasteiger partial charge in [-0.1, -0.05) is 12.1 Å². The SMILES string of the molecule is N#Cc1ccn2nc(Cc3ccc(O)cc3)nc2c1. The van der Waals surface area contributed by atoms with Crippen molar-refractivity contribution in [2.45, 2.75) is 6.42 Å². The van der Waals surface area contributed by atoms with Crippen LogP contribution in [0.25, 0.3) is 5.65 Å². The van der Waals surface area contributed by atoms with Gasteiger partial charge in [-0.2, -0.15) is 10.4 Å². The summed E-state index contributed by atoms with van der Waals surface area (Å²) in [5.74, 6) is 0.922. The van der Waals surface area contributed by atoms with E-state index in [4.69, 9.17) is 5.26 Å². The van der Waals surface area contributed by atoms with Crippen molar-refractivity contribution in [2.75, 3.05) is 0 Å². The first kappa shape index (κ1) is 11.2. The van der Waals surface area contributed by atoms with E-state index in [0.717, 1.165) is 5.56 Å². The average Bonchev–Trinajstić information content (AvgIpc) is 2.82. The molecule has 2 heterocycles. The molecular weight excluding hydrogens is 240 g/mol. The molecule has 0 saturated carbocycles. The smallest absolute Gasteiger partial charge is 0.156 e. The fourth-order valence-corrected chi connectivity index (χ4v) is 1.87. The number of nitrogens with zero attached hydrogens (tertiary/aromatic N) is 4. The number of nitriles is 1. The summed E-state index contributed by atoms with van der Waals surface area (Å²) in [6.45, 7) is 0. The van der Waals surface area contributed by atoms with Crippen molar-refractivity contribution in [3.63, 3.8) is 0 Å². The summed E-state index contributed by atoms with van der Waals surface area (Å²) in [4.78, 5) is 4.38. The van der Waals surface area contributed by atoms with E-state index in [9.17, 15) is 5.11 Å². The zero-order valence-electron chi connectivity index (χ0n) is 9.98. The van der Waals surface area contributed by atoms with Crippen LogP contribution in [0.5, 0.6) is 5.75 Å². The number of phenolic OH excluding ortho intramolecular Hbond substituents is 1. The molecule has 1 N–H and O–H groups in total. The molecule has 0 unspecified atom stereocenters. The Balaban J connectivity index is 1.93. The van der Waals surface area contributed by atoms with Gasteiger partial charge in [0.15, 0.2) is 11.5 Å². The van der Waals surface area contributed by atoms with Crippen molar-refractivity contribution in [1.29, 1.82) is 5.26 Å². The van der Waals surface area contributed by atoms with E-state index in [2.05, 4.69) is 16.2 Å². The number of aromatic hydroxyl groups is 1. The maximum Gasteiger partial charge on any atom is 0.156 e. The molecule has 1 aromatic carbocycles. The lowest BCUT2D eigenvalue weighted by Crippen LogP contribution is -1.91. The molecule has 0 atom stereocenters. The zero-order valence-corrected chi connectivity index (χ0v) is 9.98. The van der Waals surface area contributed by atoms with E-state index in [-0.39, 0.29) is 5.75 Å². The summed E-state index contributed by atoms with van der Waals surface area (Å²) in [6, 6.07) is 12.4. The van der Waals surface area contributed by atoms with Crippen LogP contribution >= 0.6 is 0 Å². The van der Waals surface area contributed by atoms with Gasteiger partial charge in [-0.3, -0.25) is 0 Å². The van der Waals surface area contributed by atoms with Gasteiger partial charge in [-0.05, 0) is 23.8 Å². The van der Waals surface area contributed by atoms with Gasteiger partial charge in [0.1, 0.15) is 5.75 Å². The van der Waals surface area contributed by atoms with E-state index in [0.29, 0.717) is 23.5 Å². The van der Waals surface area contributed by atoms with E-state index < -0.39 is 0 Å². The van der Waals surface area contributed by atoms with Crippen LogP contribution in [0, 0.1) is 11.3 Å². The molecule has 3 aromatic rings. The van der Waals surface area contributed by atoms with E-state index in [1.54, 1.807) is 35.0 Å². The number of pyridine rings is 1. The number of hydrogen-bond acceptors (Lipinski definition) is 4. The van der Waals surface area contributed by atoms with E-state index in [1.165, 1.54) is 0 Å². The summed E-state index contributed by atoms with van der Waals surface area (Å²) >= 11 is 0. The highest BCUT2D eigenvalue weighted by molar-refractivity contribution is 5.45. The highest BCUT2D eigenvalue weighted by Gasteiger charge is 2.05. The predicted molar refractivity (Wildman–Crippen MR) is 68.6 cm³/mol. The summed E-state index contributed by atoms with van der Waals surface area (Å²) in [5.41, 5.74) is 2.25. The molecule has 0 fully saturated rings. The molecule has 3 rings (SSSR count). The molecule has 0 radical (unpaired) electrons. The molecule has 0 amide bonds.